The molecule has 206 valence electrons. The Kier molecular flexibility index (Phi) is 7.25. The number of rotatable bonds is 5. The van der Waals surface area contributed by atoms with E-state index in [9.17, 15) is 23.2 Å². The highest BCUT2D eigenvalue weighted by molar-refractivity contribution is 6.33. The predicted molar refractivity (Wildman–Crippen MR) is 140 cm³/mol. The van der Waals surface area contributed by atoms with E-state index in [1.807, 2.05) is 13.8 Å². The molecule has 7 nitrogen and oxygen atoms in total. The summed E-state index contributed by atoms with van der Waals surface area (Å²) in [5.74, 6) is -0.385. The normalized spacial score (nSPS) is 19.0. The maximum atomic E-state index is 13.8. The Morgan fingerprint density at radius 3 is 2.21 bits per heavy atom. The van der Waals surface area contributed by atoms with Crippen molar-refractivity contribution in [3.8, 4) is 23.3 Å². The van der Waals surface area contributed by atoms with E-state index in [4.69, 9.17) is 31.5 Å². The van der Waals surface area contributed by atoms with Crippen LogP contribution in [0.3, 0.4) is 0 Å². The molecule has 2 N–H and O–H groups in total. The number of ketones is 1. The molecule has 0 amide bonds. The number of benzene rings is 2. The van der Waals surface area contributed by atoms with Crippen molar-refractivity contribution in [3.05, 3.63) is 69.1 Å². The van der Waals surface area contributed by atoms with Gasteiger partial charge in [-0.15, -0.1) is 0 Å². The van der Waals surface area contributed by atoms with Crippen molar-refractivity contribution in [1.82, 2.24) is 0 Å². The van der Waals surface area contributed by atoms with Gasteiger partial charge in [0.1, 0.15) is 5.82 Å². The van der Waals surface area contributed by atoms with Gasteiger partial charge in [0.15, 0.2) is 17.3 Å². The zero-order chi connectivity index (χ0) is 28.9. The molecular weight excluding hydrogens is 535 g/mol. The van der Waals surface area contributed by atoms with E-state index < -0.39 is 23.1 Å². The standard InChI is InChI=1S/C28H27ClF3N3O4/c1-27(2)11-19-24(20(36)12-27)23(14-8-21(37-3)25(39-5)22(9-14)38-4)16(13-33)26(34)35(19)18-10-15(28(30,31)32)6-7-17(18)29/h6-10,23H,11-12,34H2,1-5H3/t23-/m0/s1. The summed E-state index contributed by atoms with van der Waals surface area (Å²) in [6, 6.07) is 8.21. The van der Waals surface area contributed by atoms with Crippen LogP contribution in [0.25, 0.3) is 0 Å². The summed E-state index contributed by atoms with van der Waals surface area (Å²) in [6.45, 7) is 3.77. The molecule has 0 aromatic heterocycles. The van der Waals surface area contributed by atoms with E-state index in [1.165, 1.54) is 26.2 Å². The van der Waals surface area contributed by atoms with Gasteiger partial charge in [0.05, 0.1) is 55.2 Å². The van der Waals surface area contributed by atoms with Crippen molar-refractivity contribution in [2.24, 2.45) is 11.1 Å². The van der Waals surface area contributed by atoms with E-state index in [0.29, 0.717) is 34.9 Å². The summed E-state index contributed by atoms with van der Waals surface area (Å²) in [5.41, 5.74) is 6.11. The lowest BCUT2D eigenvalue weighted by Crippen LogP contribution is -2.42. The molecule has 11 heteroatoms. The highest BCUT2D eigenvalue weighted by Crippen LogP contribution is 2.53. The number of halogens is 4. The quantitative estimate of drug-likeness (QED) is 0.456. The first-order valence-electron chi connectivity index (χ1n) is 11.9. The van der Waals surface area contributed by atoms with Gasteiger partial charge in [0, 0.05) is 17.7 Å². The molecular formula is C28H27ClF3N3O4. The monoisotopic (exact) mass is 561 g/mol. The van der Waals surface area contributed by atoms with Gasteiger partial charge in [0.2, 0.25) is 5.75 Å². The van der Waals surface area contributed by atoms with Gasteiger partial charge in [-0.2, -0.15) is 18.4 Å². The highest BCUT2D eigenvalue weighted by atomic mass is 35.5. The second-order valence-corrected chi connectivity index (χ2v) is 10.5. The number of methoxy groups -OCH3 is 3. The van der Waals surface area contributed by atoms with Gasteiger partial charge < -0.3 is 19.9 Å². The largest absolute Gasteiger partial charge is 0.493 e. The lowest BCUT2D eigenvalue weighted by atomic mass is 9.68. The second kappa shape index (κ2) is 10.0. The van der Waals surface area contributed by atoms with Crippen LogP contribution in [-0.4, -0.2) is 27.1 Å². The van der Waals surface area contributed by atoms with Gasteiger partial charge in [0.25, 0.3) is 0 Å². The average Bonchev–Trinajstić information content (AvgIpc) is 2.86. The second-order valence-electron chi connectivity index (χ2n) is 10.1. The summed E-state index contributed by atoms with van der Waals surface area (Å²) >= 11 is 6.42. The van der Waals surface area contributed by atoms with Crippen molar-refractivity contribution >= 4 is 23.1 Å². The molecule has 0 radical (unpaired) electrons. The van der Waals surface area contributed by atoms with Crippen LogP contribution in [0.1, 0.15) is 43.7 Å². The van der Waals surface area contributed by atoms with E-state index in [1.54, 1.807) is 12.1 Å². The third-order valence-corrected chi connectivity index (χ3v) is 7.24. The fraction of sp³-hybridized carbons (Fsp3) is 0.357. The molecule has 39 heavy (non-hydrogen) atoms. The number of hydrogen-bond acceptors (Lipinski definition) is 7. The summed E-state index contributed by atoms with van der Waals surface area (Å²) < 4.78 is 57.3. The van der Waals surface area contributed by atoms with Gasteiger partial charge in [-0.25, -0.2) is 0 Å². The van der Waals surface area contributed by atoms with Crippen LogP contribution in [0, 0.1) is 16.7 Å². The number of anilines is 1. The van der Waals surface area contributed by atoms with Crippen LogP contribution in [0.5, 0.6) is 17.2 Å². The zero-order valence-corrected chi connectivity index (χ0v) is 22.8. The van der Waals surface area contributed by atoms with E-state index in [2.05, 4.69) is 6.07 Å². The molecule has 2 aliphatic rings. The topological polar surface area (TPSA) is 97.8 Å². The Labute approximate surface area is 229 Å². The molecule has 0 spiro atoms. The molecule has 0 saturated heterocycles. The van der Waals surface area contributed by atoms with Gasteiger partial charge in [-0.1, -0.05) is 25.4 Å². The highest BCUT2D eigenvalue weighted by Gasteiger charge is 2.46. The van der Waals surface area contributed by atoms with Gasteiger partial charge >= 0.3 is 6.18 Å². The molecule has 2 aromatic rings. The third-order valence-electron chi connectivity index (χ3n) is 6.92. The summed E-state index contributed by atoms with van der Waals surface area (Å²) in [4.78, 5) is 15.1. The Morgan fingerprint density at radius 1 is 1.08 bits per heavy atom. The Hall–Kier alpha value is -3.84. The van der Waals surface area contributed by atoms with Crippen LogP contribution < -0.4 is 24.8 Å². The lowest BCUT2D eigenvalue weighted by Gasteiger charge is -2.44. The van der Waals surface area contributed by atoms with Gasteiger partial charge in [-0.3, -0.25) is 9.69 Å². The predicted octanol–water partition coefficient (Wildman–Crippen LogP) is 6.33. The van der Waals surface area contributed by atoms with Crippen LogP contribution in [-0.2, 0) is 11.0 Å². The molecule has 0 fully saturated rings. The number of hydrogen-bond donors (Lipinski definition) is 1. The first kappa shape index (κ1) is 28.2. The van der Waals surface area contributed by atoms with Crippen molar-refractivity contribution in [3.63, 3.8) is 0 Å². The van der Waals surface area contributed by atoms with Crippen LogP contribution >= 0.6 is 11.6 Å². The molecule has 1 aliphatic heterocycles. The maximum Gasteiger partial charge on any atom is 0.416 e. The van der Waals surface area contributed by atoms with Crippen molar-refractivity contribution < 1.29 is 32.2 Å². The van der Waals surface area contributed by atoms with E-state index in [-0.39, 0.29) is 39.9 Å². The molecule has 0 unspecified atom stereocenters. The molecule has 1 aliphatic carbocycles. The minimum atomic E-state index is -4.65. The number of allylic oxidation sites excluding steroid dienone is 3. The number of ether oxygens (including phenoxy) is 3. The van der Waals surface area contributed by atoms with Crippen LogP contribution in [0.2, 0.25) is 5.02 Å². The Bertz CT molecular complexity index is 1430. The van der Waals surface area contributed by atoms with Crippen molar-refractivity contribution in [1.29, 1.82) is 5.26 Å². The summed E-state index contributed by atoms with van der Waals surface area (Å²) in [7, 11) is 4.32. The summed E-state index contributed by atoms with van der Waals surface area (Å²) in [6.07, 6.45) is -4.19. The number of nitriles is 1. The summed E-state index contributed by atoms with van der Waals surface area (Å²) in [5, 5.41) is 10.3. The van der Waals surface area contributed by atoms with Crippen molar-refractivity contribution in [2.75, 3.05) is 26.2 Å². The van der Waals surface area contributed by atoms with Crippen molar-refractivity contribution in [2.45, 2.75) is 38.8 Å². The number of nitrogens with two attached hydrogens (primary N) is 1. The first-order chi connectivity index (χ1) is 18.3. The zero-order valence-electron chi connectivity index (χ0n) is 22.0. The number of nitrogens with zero attached hydrogens (tertiary/aromatic N) is 2. The number of carbonyl (C=O) groups excluding carboxylic acids is 1. The number of alkyl halides is 3. The molecule has 0 saturated carbocycles. The van der Waals surface area contributed by atoms with E-state index in [0.717, 1.165) is 18.2 Å². The third kappa shape index (κ3) is 4.87. The fourth-order valence-corrected chi connectivity index (χ4v) is 5.45. The molecule has 2 aromatic carbocycles. The average molecular weight is 562 g/mol. The van der Waals surface area contributed by atoms with E-state index >= 15 is 0 Å². The first-order valence-corrected chi connectivity index (χ1v) is 12.3. The molecule has 1 atom stereocenters. The molecule has 1 heterocycles. The van der Waals surface area contributed by atoms with Gasteiger partial charge in [-0.05, 0) is 47.7 Å². The number of Topliss-reactive ketones (excluding diaryl/α,β-unsaturated/α-hetero) is 1. The maximum absolute atomic E-state index is 13.8. The Morgan fingerprint density at radius 2 is 1.69 bits per heavy atom. The molecule has 0 bridgehead atoms. The minimum Gasteiger partial charge on any atom is -0.493 e. The Balaban J connectivity index is 2.06. The number of carbonyl (C=O) groups is 1. The lowest BCUT2D eigenvalue weighted by molar-refractivity contribution is -0.137. The minimum absolute atomic E-state index is 0.0165. The van der Waals surface area contributed by atoms with Crippen LogP contribution in [0.15, 0.2) is 53.0 Å². The SMILES string of the molecule is COc1cc([C@H]2C(C#N)=C(N)N(c3cc(C(F)(F)F)ccc3Cl)C3=C2C(=O)CC(C)(C)C3)cc(OC)c1OC. The molecule has 4 rings (SSSR count). The smallest absolute Gasteiger partial charge is 0.416 e. The fourth-order valence-electron chi connectivity index (χ4n) is 5.25. The van der Waals surface area contributed by atoms with Crippen LogP contribution in [0.4, 0.5) is 18.9 Å².